The zero-order chi connectivity index (χ0) is 6.69. The van der Waals surface area contributed by atoms with Crippen LogP contribution in [-0.2, 0) is 0 Å². The van der Waals surface area contributed by atoms with Gasteiger partial charge in [0.25, 0.3) is 0 Å². The van der Waals surface area contributed by atoms with Crippen LogP contribution in [0.15, 0.2) is 0 Å². The minimum absolute atomic E-state index is 1.02. The Balaban J connectivity index is 2.30. The number of hydrogen-bond acceptors (Lipinski definition) is 0. The second-order valence-corrected chi connectivity index (χ2v) is 3.43. The van der Waals surface area contributed by atoms with E-state index in [-0.39, 0.29) is 0 Å². The summed E-state index contributed by atoms with van der Waals surface area (Å²) in [5.41, 5.74) is 0. The van der Waals surface area contributed by atoms with Gasteiger partial charge in [-0.25, -0.2) is 0 Å². The minimum Gasteiger partial charge on any atom is -0.0651 e. The summed E-state index contributed by atoms with van der Waals surface area (Å²) in [6.07, 6.45) is 7.36. The van der Waals surface area contributed by atoms with E-state index in [0.29, 0.717) is 0 Å². The highest BCUT2D eigenvalue weighted by molar-refractivity contribution is 4.70. The van der Waals surface area contributed by atoms with E-state index in [1.165, 1.54) is 32.1 Å². The maximum absolute atomic E-state index is 2.41. The summed E-state index contributed by atoms with van der Waals surface area (Å²) in [6.45, 7) is 4.74. The van der Waals surface area contributed by atoms with Gasteiger partial charge in [0, 0.05) is 0 Å². The average molecular weight is 126 g/mol. The van der Waals surface area contributed by atoms with Crippen LogP contribution in [0.4, 0.5) is 0 Å². The quantitative estimate of drug-likeness (QED) is 0.506. The Hall–Kier alpha value is 0. The molecule has 1 aliphatic rings. The van der Waals surface area contributed by atoms with Crippen LogP contribution in [0.25, 0.3) is 0 Å². The van der Waals surface area contributed by atoms with Crippen LogP contribution in [0.1, 0.15) is 46.0 Å². The first-order chi connectivity index (χ1) is 4.34. The molecule has 1 aliphatic carbocycles. The van der Waals surface area contributed by atoms with Crippen molar-refractivity contribution in [2.24, 2.45) is 11.8 Å². The van der Waals surface area contributed by atoms with E-state index in [4.69, 9.17) is 0 Å². The first kappa shape index (κ1) is 7.11. The fourth-order valence-corrected chi connectivity index (χ4v) is 2.00. The molecular weight excluding hydrogens is 108 g/mol. The Morgan fingerprint density at radius 2 is 1.89 bits per heavy atom. The van der Waals surface area contributed by atoms with E-state index in [9.17, 15) is 0 Å². The molecule has 0 aromatic rings. The molecule has 0 aromatic heterocycles. The maximum Gasteiger partial charge on any atom is -0.0391 e. The first-order valence-electron chi connectivity index (χ1n) is 4.34. The Labute approximate surface area is 58.7 Å². The average Bonchev–Trinajstić information content (AvgIpc) is 1.89. The maximum atomic E-state index is 2.41. The normalized spacial score (nSPS) is 36.7. The standard InChI is InChI=1S/C9H18/c1-3-9-7-5-4-6-8(9)2/h8-9H,3-7H2,1-2H3/t8-,9+/m0/s1. The predicted octanol–water partition coefficient (Wildman–Crippen LogP) is 3.22. The van der Waals surface area contributed by atoms with Crippen molar-refractivity contribution in [1.29, 1.82) is 0 Å². The zero-order valence-corrected chi connectivity index (χ0v) is 6.69. The molecule has 0 unspecified atom stereocenters. The van der Waals surface area contributed by atoms with Gasteiger partial charge in [0.05, 0.1) is 0 Å². The molecule has 0 spiro atoms. The SMILES string of the molecule is CC[C@@H]1CCCC[C@@H]1C. The van der Waals surface area contributed by atoms with E-state index in [0.717, 1.165) is 11.8 Å². The van der Waals surface area contributed by atoms with E-state index in [2.05, 4.69) is 13.8 Å². The highest BCUT2D eigenvalue weighted by Gasteiger charge is 2.18. The van der Waals surface area contributed by atoms with Crippen LogP contribution < -0.4 is 0 Å². The molecule has 0 amide bonds. The van der Waals surface area contributed by atoms with Crippen LogP contribution in [0, 0.1) is 11.8 Å². The van der Waals surface area contributed by atoms with Gasteiger partial charge >= 0.3 is 0 Å². The highest BCUT2D eigenvalue weighted by Crippen LogP contribution is 2.31. The summed E-state index contributed by atoms with van der Waals surface area (Å²) < 4.78 is 0. The second kappa shape index (κ2) is 3.24. The lowest BCUT2D eigenvalue weighted by Crippen LogP contribution is -2.15. The smallest absolute Gasteiger partial charge is 0.0391 e. The summed E-state index contributed by atoms with van der Waals surface area (Å²) in [6, 6.07) is 0. The lowest BCUT2D eigenvalue weighted by Gasteiger charge is -2.27. The lowest BCUT2D eigenvalue weighted by molar-refractivity contribution is 0.249. The molecule has 0 bridgehead atoms. The highest BCUT2D eigenvalue weighted by atomic mass is 14.2. The van der Waals surface area contributed by atoms with Crippen molar-refractivity contribution in [3.05, 3.63) is 0 Å². The van der Waals surface area contributed by atoms with Crippen LogP contribution in [0.2, 0.25) is 0 Å². The van der Waals surface area contributed by atoms with E-state index in [1.54, 1.807) is 0 Å². The number of rotatable bonds is 1. The van der Waals surface area contributed by atoms with Crippen molar-refractivity contribution in [3.8, 4) is 0 Å². The van der Waals surface area contributed by atoms with E-state index in [1.807, 2.05) is 0 Å². The topological polar surface area (TPSA) is 0 Å². The molecule has 9 heavy (non-hydrogen) atoms. The summed E-state index contributed by atoms with van der Waals surface area (Å²) in [5, 5.41) is 0. The van der Waals surface area contributed by atoms with Gasteiger partial charge in [-0.15, -0.1) is 0 Å². The van der Waals surface area contributed by atoms with Crippen molar-refractivity contribution in [2.45, 2.75) is 46.0 Å². The third kappa shape index (κ3) is 1.70. The molecule has 0 aliphatic heterocycles. The summed E-state index contributed by atoms with van der Waals surface area (Å²) >= 11 is 0. The predicted molar refractivity (Wildman–Crippen MR) is 41.4 cm³/mol. The molecule has 0 nitrogen and oxygen atoms in total. The van der Waals surface area contributed by atoms with Crippen LogP contribution in [0.3, 0.4) is 0 Å². The molecule has 0 aromatic carbocycles. The van der Waals surface area contributed by atoms with Gasteiger partial charge in [-0.1, -0.05) is 46.0 Å². The molecule has 1 saturated carbocycles. The molecule has 54 valence electrons. The molecule has 1 rings (SSSR count). The van der Waals surface area contributed by atoms with Crippen molar-refractivity contribution in [2.75, 3.05) is 0 Å². The Morgan fingerprint density at radius 3 is 2.33 bits per heavy atom. The van der Waals surface area contributed by atoms with Gasteiger partial charge < -0.3 is 0 Å². The molecule has 2 atom stereocenters. The van der Waals surface area contributed by atoms with E-state index < -0.39 is 0 Å². The van der Waals surface area contributed by atoms with Crippen LogP contribution in [-0.4, -0.2) is 0 Å². The van der Waals surface area contributed by atoms with Gasteiger partial charge in [-0.2, -0.15) is 0 Å². The molecule has 0 N–H and O–H groups in total. The van der Waals surface area contributed by atoms with Crippen molar-refractivity contribution < 1.29 is 0 Å². The molecule has 0 saturated heterocycles. The van der Waals surface area contributed by atoms with Gasteiger partial charge in [-0.3, -0.25) is 0 Å². The Bertz CT molecular complexity index is 76.1. The first-order valence-corrected chi connectivity index (χ1v) is 4.34. The molecule has 0 heteroatoms. The third-order valence-corrected chi connectivity index (χ3v) is 2.81. The second-order valence-electron chi connectivity index (χ2n) is 3.43. The summed E-state index contributed by atoms with van der Waals surface area (Å²) in [5.74, 6) is 2.07. The minimum atomic E-state index is 1.02. The van der Waals surface area contributed by atoms with Gasteiger partial charge in [0.15, 0.2) is 0 Å². The van der Waals surface area contributed by atoms with Crippen molar-refractivity contribution in [3.63, 3.8) is 0 Å². The Kier molecular flexibility index (Phi) is 2.56. The number of hydrogen-bond donors (Lipinski definition) is 0. The van der Waals surface area contributed by atoms with Gasteiger partial charge in [-0.05, 0) is 11.8 Å². The van der Waals surface area contributed by atoms with Crippen LogP contribution in [0.5, 0.6) is 0 Å². The zero-order valence-electron chi connectivity index (χ0n) is 6.69. The summed E-state index contributed by atoms with van der Waals surface area (Å²) in [7, 11) is 0. The van der Waals surface area contributed by atoms with Crippen LogP contribution >= 0.6 is 0 Å². The van der Waals surface area contributed by atoms with E-state index >= 15 is 0 Å². The fourth-order valence-electron chi connectivity index (χ4n) is 2.00. The Morgan fingerprint density at radius 1 is 1.22 bits per heavy atom. The molecular formula is C9H18. The summed E-state index contributed by atoms with van der Waals surface area (Å²) in [4.78, 5) is 0. The lowest BCUT2D eigenvalue weighted by atomic mass is 9.79. The third-order valence-electron chi connectivity index (χ3n) is 2.81. The molecule has 1 fully saturated rings. The fraction of sp³-hybridized carbons (Fsp3) is 1.00. The van der Waals surface area contributed by atoms with Crippen molar-refractivity contribution in [1.82, 2.24) is 0 Å². The van der Waals surface area contributed by atoms with Crippen molar-refractivity contribution >= 4 is 0 Å². The monoisotopic (exact) mass is 126 g/mol. The van der Waals surface area contributed by atoms with Gasteiger partial charge in [0.1, 0.15) is 0 Å². The molecule has 0 radical (unpaired) electrons. The van der Waals surface area contributed by atoms with Gasteiger partial charge in [0.2, 0.25) is 0 Å². The largest absolute Gasteiger partial charge is 0.0651 e. The molecule has 0 heterocycles.